The predicted molar refractivity (Wildman–Crippen MR) is 56.0 cm³/mol. The molecule has 1 heterocycles. The number of amides is 1. The van der Waals surface area contributed by atoms with E-state index in [1.807, 2.05) is 0 Å². The van der Waals surface area contributed by atoms with Crippen molar-refractivity contribution in [2.75, 3.05) is 13.2 Å². The van der Waals surface area contributed by atoms with Gasteiger partial charge in [0.05, 0.1) is 12.5 Å². The van der Waals surface area contributed by atoms with Crippen LogP contribution in [0.3, 0.4) is 0 Å². The number of fused-ring (bicyclic) bond motifs is 2. The molecule has 1 saturated carbocycles. The summed E-state index contributed by atoms with van der Waals surface area (Å²) in [7, 11) is 0. The summed E-state index contributed by atoms with van der Waals surface area (Å²) in [6, 6.07) is 0.194. The lowest BCUT2D eigenvalue weighted by molar-refractivity contribution is -0.144. The second kappa shape index (κ2) is 4.31. The van der Waals surface area contributed by atoms with Crippen molar-refractivity contribution in [3.63, 3.8) is 0 Å². The third-order valence-corrected chi connectivity index (χ3v) is 3.65. The summed E-state index contributed by atoms with van der Waals surface area (Å²) >= 11 is 0. The number of likely N-dealkylation sites (tertiary alicyclic amines) is 1. The molecule has 0 spiro atoms. The first kappa shape index (κ1) is 11.2. The van der Waals surface area contributed by atoms with Crippen LogP contribution in [0.1, 0.15) is 26.2 Å². The van der Waals surface area contributed by atoms with Crippen molar-refractivity contribution in [3.05, 3.63) is 0 Å². The molecule has 1 saturated heterocycles. The summed E-state index contributed by atoms with van der Waals surface area (Å²) in [4.78, 5) is 24.3. The molecule has 2 aliphatic rings. The first-order valence-electron chi connectivity index (χ1n) is 5.79. The zero-order valence-corrected chi connectivity index (χ0v) is 9.39. The Kier molecular flexibility index (Phi) is 3.03. The maximum absolute atomic E-state index is 11.6. The van der Waals surface area contributed by atoms with E-state index in [2.05, 4.69) is 0 Å². The smallest absolute Gasteiger partial charge is 0.410 e. The Hall–Kier alpha value is -1.26. The molecule has 5 nitrogen and oxygen atoms in total. The molecule has 5 heteroatoms. The summed E-state index contributed by atoms with van der Waals surface area (Å²) in [5.41, 5.74) is 0. The van der Waals surface area contributed by atoms with Gasteiger partial charge < -0.3 is 14.7 Å². The van der Waals surface area contributed by atoms with E-state index in [4.69, 9.17) is 9.84 Å². The molecular weight excluding hydrogens is 210 g/mol. The molecule has 2 fully saturated rings. The van der Waals surface area contributed by atoms with Crippen molar-refractivity contribution in [1.82, 2.24) is 4.90 Å². The molecule has 0 radical (unpaired) electrons. The number of carbonyl (C=O) groups excluding carboxylic acids is 1. The van der Waals surface area contributed by atoms with Gasteiger partial charge in [0.25, 0.3) is 0 Å². The van der Waals surface area contributed by atoms with Crippen LogP contribution in [-0.4, -0.2) is 41.3 Å². The molecule has 0 aromatic carbocycles. The van der Waals surface area contributed by atoms with Crippen LogP contribution in [0.25, 0.3) is 0 Å². The van der Waals surface area contributed by atoms with E-state index >= 15 is 0 Å². The first-order chi connectivity index (χ1) is 7.63. The van der Waals surface area contributed by atoms with Crippen molar-refractivity contribution < 1.29 is 19.4 Å². The predicted octanol–water partition coefficient (Wildman–Crippen LogP) is 1.33. The highest BCUT2D eigenvalue weighted by Crippen LogP contribution is 2.39. The van der Waals surface area contributed by atoms with Gasteiger partial charge in [-0.15, -0.1) is 0 Å². The van der Waals surface area contributed by atoms with Gasteiger partial charge in [0.2, 0.25) is 0 Å². The van der Waals surface area contributed by atoms with Gasteiger partial charge in [-0.05, 0) is 32.1 Å². The molecule has 0 aromatic heterocycles. The highest BCUT2D eigenvalue weighted by Gasteiger charge is 2.45. The van der Waals surface area contributed by atoms with Crippen molar-refractivity contribution in [2.45, 2.75) is 32.2 Å². The minimum absolute atomic E-state index is 0.112. The summed E-state index contributed by atoms with van der Waals surface area (Å²) in [5.74, 6) is -0.898. The molecule has 3 unspecified atom stereocenters. The number of hydrogen-bond acceptors (Lipinski definition) is 3. The van der Waals surface area contributed by atoms with E-state index in [-0.39, 0.29) is 24.0 Å². The van der Waals surface area contributed by atoms with Crippen LogP contribution in [0.4, 0.5) is 4.79 Å². The Balaban J connectivity index is 2.02. The van der Waals surface area contributed by atoms with Crippen LogP contribution >= 0.6 is 0 Å². The molecule has 90 valence electrons. The van der Waals surface area contributed by atoms with E-state index < -0.39 is 5.97 Å². The normalized spacial score (nSPS) is 32.6. The lowest BCUT2D eigenvalue weighted by atomic mass is 9.80. The van der Waals surface area contributed by atoms with Crippen LogP contribution in [0.2, 0.25) is 0 Å². The monoisotopic (exact) mass is 227 g/mol. The lowest BCUT2D eigenvalue weighted by Gasteiger charge is -2.25. The Morgan fingerprint density at radius 3 is 2.81 bits per heavy atom. The third-order valence-electron chi connectivity index (χ3n) is 3.65. The number of carboxylic acid groups (broad SMARTS) is 1. The van der Waals surface area contributed by atoms with Crippen molar-refractivity contribution in [1.29, 1.82) is 0 Å². The van der Waals surface area contributed by atoms with Crippen LogP contribution in [0, 0.1) is 11.8 Å². The number of hydrogen-bond donors (Lipinski definition) is 1. The summed E-state index contributed by atoms with van der Waals surface area (Å²) < 4.78 is 4.97. The molecule has 2 rings (SSSR count). The maximum atomic E-state index is 11.6. The van der Waals surface area contributed by atoms with Crippen LogP contribution in [0.5, 0.6) is 0 Å². The van der Waals surface area contributed by atoms with Crippen molar-refractivity contribution >= 4 is 12.1 Å². The molecular formula is C11H17NO4. The molecule has 16 heavy (non-hydrogen) atoms. The highest BCUT2D eigenvalue weighted by molar-refractivity contribution is 5.72. The number of aliphatic carboxylic acids is 1. The fourth-order valence-corrected chi connectivity index (χ4v) is 2.88. The van der Waals surface area contributed by atoms with E-state index in [0.717, 1.165) is 12.8 Å². The fraction of sp³-hybridized carbons (Fsp3) is 0.818. The zero-order valence-electron chi connectivity index (χ0n) is 9.39. The molecule has 1 aliphatic heterocycles. The minimum atomic E-state index is -0.728. The van der Waals surface area contributed by atoms with Gasteiger partial charge in [0.15, 0.2) is 0 Å². The van der Waals surface area contributed by atoms with Gasteiger partial charge in [-0.2, -0.15) is 0 Å². The highest BCUT2D eigenvalue weighted by atomic mass is 16.6. The molecule has 1 aliphatic carbocycles. The quantitative estimate of drug-likeness (QED) is 0.772. The molecule has 3 atom stereocenters. The van der Waals surface area contributed by atoms with Gasteiger partial charge in [-0.25, -0.2) is 4.79 Å². The Bertz CT molecular complexity index is 304. The van der Waals surface area contributed by atoms with Gasteiger partial charge in [0, 0.05) is 12.6 Å². The average molecular weight is 227 g/mol. The minimum Gasteiger partial charge on any atom is -0.481 e. The summed E-state index contributed by atoms with van der Waals surface area (Å²) in [5, 5.41) is 9.05. The van der Waals surface area contributed by atoms with Gasteiger partial charge in [0.1, 0.15) is 0 Å². The molecule has 1 N–H and O–H groups in total. The molecule has 1 amide bonds. The van der Waals surface area contributed by atoms with Crippen LogP contribution in [0.15, 0.2) is 0 Å². The van der Waals surface area contributed by atoms with Gasteiger partial charge in [-0.3, -0.25) is 4.79 Å². The number of nitrogens with zero attached hydrogens (tertiary/aromatic N) is 1. The second-order valence-corrected chi connectivity index (χ2v) is 4.52. The Labute approximate surface area is 94.4 Å². The fourth-order valence-electron chi connectivity index (χ4n) is 2.88. The average Bonchev–Trinajstić information content (AvgIpc) is 2.56. The topological polar surface area (TPSA) is 66.8 Å². The lowest BCUT2D eigenvalue weighted by Crippen LogP contribution is -2.35. The number of carbonyl (C=O) groups is 2. The standard InChI is InChI=1S/C11H17NO4/c1-2-16-11(15)12-6-7-5-8(12)3-4-9(7)10(13)14/h7-9H,2-6H2,1H3,(H,13,14). The third kappa shape index (κ3) is 1.86. The summed E-state index contributed by atoms with van der Waals surface area (Å²) in [6.07, 6.45) is 1.99. The van der Waals surface area contributed by atoms with Crippen LogP contribution in [-0.2, 0) is 9.53 Å². The Morgan fingerprint density at radius 2 is 2.19 bits per heavy atom. The second-order valence-electron chi connectivity index (χ2n) is 4.52. The largest absolute Gasteiger partial charge is 0.481 e. The molecule has 0 aromatic rings. The van der Waals surface area contributed by atoms with E-state index in [1.54, 1.807) is 11.8 Å². The number of ether oxygens (including phenoxy) is 1. The zero-order chi connectivity index (χ0) is 11.7. The van der Waals surface area contributed by atoms with Gasteiger partial charge in [-0.1, -0.05) is 0 Å². The number of carboxylic acids is 1. The SMILES string of the molecule is CCOC(=O)N1CC2CC1CCC2C(=O)O. The Morgan fingerprint density at radius 1 is 1.44 bits per heavy atom. The van der Waals surface area contributed by atoms with Crippen molar-refractivity contribution in [3.8, 4) is 0 Å². The van der Waals surface area contributed by atoms with E-state index in [9.17, 15) is 9.59 Å². The van der Waals surface area contributed by atoms with E-state index in [1.165, 1.54) is 0 Å². The van der Waals surface area contributed by atoms with E-state index in [0.29, 0.717) is 19.6 Å². The first-order valence-corrected chi connectivity index (χ1v) is 5.79. The van der Waals surface area contributed by atoms with Gasteiger partial charge >= 0.3 is 12.1 Å². The maximum Gasteiger partial charge on any atom is 0.410 e. The van der Waals surface area contributed by atoms with Crippen LogP contribution < -0.4 is 0 Å². The number of rotatable bonds is 2. The summed E-state index contributed by atoms with van der Waals surface area (Å²) in [6.45, 7) is 2.69. The van der Waals surface area contributed by atoms with Crippen molar-refractivity contribution in [2.24, 2.45) is 11.8 Å². The molecule has 2 bridgehead atoms.